The molecule has 1 nitrogen and oxygen atoms in total. The highest BCUT2D eigenvalue weighted by Gasteiger charge is 2.18. The largest absolute Gasteiger partial charge is 0.327 e. The zero-order valence-electron chi connectivity index (χ0n) is 10.5. The molecule has 100 valence electrons. The lowest BCUT2D eigenvalue weighted by atomic mass is 10.1. The van der Waals surface area contributed by atoms with Crippen LogP contribution in [0, 0.1) is 5.82 Å². The molecular weight excluding hydrogens is 281 g/mol. The predicted molar refractivity (Wildman–Crippen MR) is 80.1 cm³/mol. The molecule has 0 aliphatic rings. The molecule has 0 bridgehead atoms. The summed E-state index contributed by atoms with van der Waals surface area (Å²) in [7, 11) is 0. The first-order chi connectivity index (χ1) is 9.08. The minimum absolute atomic E-state index is 0.0421. The van der Waals surface area contributed by atoms with Gasteiger partial charge in [-0.3, -0.25) is 0 Å². The normalized spacial score (nSPS) is 14.1. The van der Waals surface area contributed by atoms with Gasteiger partial charge >= 0.3 is 0 Å². The standard InChI is InChI=1S/C15H15ClFNS/c1-10(18)15(11-6-8-12(17)9-7-11)19-14-5-3-2-4-13(14)16/h2-10,15H,18H2,1H3. The van der Waals surface area contributed by atoms with Crippen molar-refractivity contribution in [1.82, 2.24) is 0 Å². The zero-order valence-corrected chi connectivity index (χ0v) is 12.1. The molecule has 0 aromatic heterocycles. The Hall–Kier alpha value is -1.03. The van der Waals surface area contributed by atoms with Crippen LogP contribution < -0.4 is 5.73 Å². The maximum Gasteiger partial charge on any atom is 0.123 e. The van der Waals surface area contributed by atoms with Crippen molar-refractivity contribution < 1.29 is 4.39 Å². The van der Waals surface area contributed by atoms with Gasteiger partial charge < -0.3 is 5.73 Å². The third-order valence-corrected chi connectivity index (χ3v) is 4.77. The molecule has 2 aromatic rings. The van der Waals surface area contributed by atoms with Crippen LogP contribution in [0.3, 0.4) is 0 Å². The number of benzene rings is 2. The van der Waals surface area contributed by atoms with Crippen molar-refractivity contribution in [3.05, 3.63) is 64.9 Å². The predicted octanol–water partition coefficient (Wildman–Crippen LogP) is 4.66. The fourth-order valence-electron chi connectivity index (χ4n) is 1.81. The number of hydrogen-bond donors (Lipinski definition) is 1. The van der Waals surface area contributed by atoms with Gasteiger partial charge in [0.25, 0.3) is 0 Å². The number of halogens is 2. The van der Waals surface area contributed by atoms with Gasteiger partial charge in [0.15, 0.2) is 0 Å². The van der Waals surface area contributed by atoms with Crippen LogP contribution in [0.1, 0.15) is 17.7 Å². The smallest absolute Gasteiger partial charge is 0.123 e. The van der Waals surface area contributed by atoms with Crippen LogP contribution in [-0.4, -0.2) is 6.04 Å². The van der Waals surface area contributed by atoms with Crippen LogP contribution in [-0.2, 0) is 0 Å². The van der Waals surface area contributed by atoms with E-state index in [0.717, 1.165) is 10.5 Å². The van der Waals surface area contributed by atoms with E-state index in [9.17, 15) is 4.39 Å². The van der Waals surface area contributed by atoms with E-state index in [1.807, 2.05) is 31.2 Å². The molecule has 0 aliphatic carbocycles. The SMILES string of the molecule is CC(N)C(Sc1ccccc1Cl)c1ccc(F)cc1. The van der Waals surface area contributed by atoms with Crippen LogP contribution in [0.2, 0.25) is 5.02 Å². The van der Waals surface area contributed by atoms with Crippen LogP contribution >= 0.6 is 23.4 Å². The van der Waals surface area contributed by atoms with Crippen molar-refractivity contribution in [2.24, 2.45) is 5.73 Å². The van der Waals surface area contributed by atoms with E-state index in [4.69, 9.17) is 17.3 Å². The lowest BCUT2D eigenvalue weighted by Gasteiger charge is -2.21. The molecule has 2 unspecified atom stereocenters. The Morgan fingerprint density at radius 2 is 1.74 bits per heavy atom. The summed E-state index contributed by atoms with van der Waals surface area (Å²) in [6.45, 7) is 1.94. The Balaban J connectivity index is 2.26. The summed E-state index contributed by atoms with van der Waals surface area (Å²) in [6.07, 6.45) is 0. The van der Waals surface area contributed by atoms with Gasteiger partial charge in [-0.1, -0.05) is 35.9 Å². The Labute approximate surface area is 122 Å². The van der Waals surface area contributed by atoms with Crippen LogP contribution in [0.15, 0.2) is 53.4 Å². The van der Waals surface area contributed by atoms with Crippen molar-refractivity contribution in [1.29, 1.82) is 0 Å². The van der Waals surface area contributed by atoms with Crippen molar-refractivity contribution >= 4 is 23.4 Å². The third kappa shape index (κ3) is 3.72. The molecule has 19 heavy (non-hydrogen) atoms. The highest BCUT2D eigenvalue weighted by Crippen LogP contribution is 2.40. The van der Waals surface area contributed by atoms with E-state index in [2.05, 4.69) is 0 Å². The van der Waals surface area contributed by atoms with Gasteiger partial charge in [-0.15, -0.1) is 11.8 Å². The van der Waals surface area contributed by atoms with E-state index in [-0.39, 0.29) is 17.1 Å². The van der Waals surface area contributed by atoms with Gasteiger partial charge in [0, 0.05) is 16.2 Å². The summed E-state index contributed by atoms with van der Waals surface area (Å²) in [5.41, 5.74) is 7.05. The monoisotopic (exact) mass is 295 g/mol. The first kappa shape index (κ1) is 14.4. The molecule has 2 N–H and O–H groups in total. The van der Waals surface area contributed by atoms with E-state index >= 15 is 0 Å². The van der Waals surface area contributed by atoms with Gasteiger partial charge in [0.05, 0.1) is 5.02 Å². The molecule has 0 aliphatic heterocycles. The molecule has 0 saturated heterocycles. The summed E-state index contributed by atoms with van der Waals surface area (Å²) >= 11 is 7.77. The molecule has 0 radical (unpaired) electrons. The second kappa shape index (κ2) is 6.42. The Kier molecular flexibility index (Phi) is 4.86. The molecule has 0 fully saturated rings. The summed E-state index contributed by atoms with van der Waals surface area (Å²) in [5.74, 6) is -0.241. The number of rotatable bonds is 4. The van der Waals surface area contributed by atoms with E-state index in [1.165, 1.54) is 12.1 Å². The maximum atomic E-state index is 13.0. The number of nitrogens with two attached hydrogens (primary N) is 1. The Morgan fingerprint density at radius 3 is 2.32 bits per heavy atom. The highest BCUT2D eigenvalue weighted by atomic mass is 35.5. The van der Waals surface area contributed by atoms with Crippen molar-refractivity contribution in [3.63, 3.8) is 0 Å². The molecule has 2 aromatic carbocycles. The first-order valence-electron chi connectivity index (χ1n) is 6.00. The van der Waals surface area contributed by atoms with Crippen LogP contribution in [0.25, 0.3) is 0 Å². The summed E-state index contributed by atoms with van der Waals surface area (Å²) in [4.78, 5) is 0.982. The summed E-state index contributed by atoms with van der Waals surface area (Å²) in [6, 6.07) is 14.0. The highest BCUT2D eigenvalue weighted by molar-refractivity contribution is 7.99. The lowest BCUT2D eigenvalue weighted by Crippen LogP contribution is -2.22. The molecular formula is C15H15ClFNS. The molecule has 2 atom stereocenters. The summed E-state index contributed by atoms with van der Waals surface area (Å²) in [5, 5.41) is 0.751. The molecule has 0 amide bonds. The Bertz CT molecular complexity index is 542. The minimum atomic E-state index is -0.241. The molecule has 2 rings (SSSR count). The fraction of sp³-hybridized carbons (Fsp3) is 0.200. The summed E-state index contributed by atoms with van der Waals surface area (Å²) < 4.78 is 13.0. The average Bonchev–Trinajstić information content (AvgIpc) is 2.39. The second-order valence-electron chi connectivity index (χ2n) is 4.38. The van der Waals surface area contributed by atoms with Crippen molar-refractivity contribution in [2.45, 2.75) is 23.1 Å². The van der Waals surface area contributed by atoms with E-state index < -0.39 is 0 Å². The van der Waals surface area contributed by atoms with Crippen molar-refractivity contribution in [3.8, 4) is 0 Å². The topological polar surface area (TPSA) is 26.0 Å². The van der Waals surface area contributed by atoms with Gasteiger partial charge in [-0.05, 0) is 36.8 Å². The third-order valence-electron chi connectivity index (χ3n) is 2.77. The number of thioether (sulfide) groups is 1. The van der Waals surface area contributed by atoms with E-state index in [0.29, 0.717) is 5.02 Å². The molecule has 0 spiro atoms. The van der Waals surface area contributed by atoms with E-state index in [1.54, 1.807) is 23.9 Å². The molecule has 0 heterocycles. The zero-order chi connectivity index (χ0) is 13.8. The van der Waals surface area contributed by atoms with Gasteiger partial charge in [-0.25, -0.2) is 4.39 Å². The van der Waals surface area contributed by atoms with Gasteiger partial charge in [-0.2, -0.15) is 0 Å². The Morgan fingerprint density at radius 1 is 1.11 bits per heavy atom. The van der Waals surface area contributed by atoms with Crippen molar-refractivity contribution in [2.75, 3.05) is 0 Å². The number of hydrogen-bond acceptors (Lipinski definition) is 2. The maximum absolute atomic E-state index is 13.0. The lowest BCUT2D eigenvalue weighted by molar-refractivity contribution is 0.625. The first-order valence-corrected chi connectivity index (χ1v) is 7.26. The van der Waals surface area contributed by atoms with Gasteiger partial charge in [0.1, 0.15) is 5.82 Å². The van der Waals surface area contributed by atoms with Gasteiger partial charge in [0.2, 0.25) is 0 Å². The fourth-order valence-corrected chi connectivity index (χ4v) is 3.20. The van der Waals surface area contributed by atoms with Crippen LogP contribution in [0.4, 0.5) is 4.39 Å². The second-order valence-corrected chi connectivity index (χ2v) is 5.97. The van der Waals surface area contributed by atoms with Crippen LogP contribution in [0.5, 0.6) is 0 Å². The average molecular weight is 296 g/mol. The quantitative estimate of drug-likeness (QED) is 0.830. The molecule has 4 heteroatoms. The molecule has 0 saturated carbocycles. The minimum Gasteiger partial charge on any atom is -0.327 e.